The molecule has 4 aromatic rings. The van der Waals surface area contributed by atoms with E-state index in [1.54, 1.807) is 49.2 Å². The van der Waals surface area contributed by atoms with Crippen molar-refractivity contribution in [2.45, 2.75) is 44.9 Å². The Bertz CT molecular complexity index is 2120. The van der Waals surface area contributed by atoms with Gasteiger partial charge in [0.1, 0.15) is 37.9 Å². The molecule has 0 unspecified atom stereocenters. The Labute approximate surface area is 304 Å². The van der Waals surface area contributed by atoms with Gasteiger partial charge in [-0.1, -0.05) is 54.9 Å². The van der Waals surface area contributed by atoms with Crippen molar-refractivity contribution in [3.63, 3.8) is 0 Å². The lowest BCUT2D eigenvalue weighted by Gasteiger charge is -2.21. The fourth-order valence-electron chi connectivity index (χ4n) is 5.43. The third-order valence-corrected chi connectivity index (χ3v) is 11.0. The maximum atomic E-state index is 12.4. The third-order valence-electron chi connectivity index (χ3n) is 8.29. The third kappa shape index (κ3) is 10.2. The van der Waals surface area contributed by atoms with E-state index in [2.05, 4.69) is 4.72 Å². The maximum absolute atomic E-state index is 12.4. The van der Waals surface area contributed by atoms with Gasteiger partial charge in [-0.3, -0.25) is 9.52 Å². The molecular formula is C37H41ClN2O9S2. The van der Waals surface area contributed by atoms with Gasteiger partial charge in [-0.05, 0) is 72.1 Å². The zero-order valence-electron chi connectivity index (χ0n) is 28.9. The summed E-state index contributed by atoms with van der Waals surface area (Å²) in [6.45, 7) is 5.26. The molecular weight excluding hydrogens is 716 g/mol. The van der Waals surface area contributed by atoms with Gasteiger partial charge in [0.05, 0.1) is 15.7 Å². The summed E-state index contributed by atoms with van der Waals surface area (Å²) in [6, 6.07) is 21.8. The molecule has 1 N–H and O–H groups in total. The molecule has 0 spiro atoms. The first-order valence-corrected chi connectivity index (χ1v) is 20.2. The Morgan fingerprint density at radius 1 is 0.882 bits per heavy atom. The van der Waals surface area contributed by atoms with Gasteiger partial charge >= 0.3 is 0 Å². The van der Waals surface area contributed by atoms with Crippen molar-refractivity contribution < 1.29 is 40.6 Å². The molecule has 0 fully saturated rings. The quantitative estimate of drug-likeness (QED) is 0.155. The molecule has 1 aliphatic rings. The highest BCUT2D eigenvalue weighted by Gasteiger charge is 2.19. The van der Waals surface area contributed by atoms with Crippen LogP contribution in [-0.2, 0) is 44.4 Å². The van der Waals surface area contributed by atoms with Crippen molar-refractivity contribution in [2.75, 3.05) is 38.8 Å². The first kappa shape index (κ1) is 37.9. The zero-order chi connectivity index (χ0) is 36.8. The van der Waals surface area contributed by atoms with Gasteiger partial charge in [-0.15, -0.1) is 0 Å². The zero-order valence-corrected chi connectivity index (χ0v) is 31.3. The van der Waals surface area contributed by atoms with Crippen molar-refractivity contribution in [1.29, 1.82) is 0 Å². The molecule has 0 saturated heterocycles. The predicted molar refractivity (Wildman–Crippen MR) is 196 cm³/mol. The van der Waals surface area contributed by atoms with Crippen molar-refractivity contribution in [1.82, 2.24) is 9.62 Å². The summed E-state index contributed by atoms with van der Waals surface area (Å²) < 4.78 is 75.1. The molecule has 0 bridgehead atoms. The summed E-state index contributed by atoms with van der Waals surface area (Å²) in [4.78, 5) is 13.6. The number of carbonyl (C=O) groups excluding carboxylic acids is 1. The summed E-state index contributed by atoms with van der Waals surface area (Å²) in [7, 11) is -5.49. The van der Waals surface area contributed by atoms with Crippen LogP contribution >= 0.6 is 11.6 Å². The second-order valence-corrected chi connectivity index (χ2v) is 16.5. The van der Waals surface area contributed by atoms with Crippen LogP contribution in [0.2, 0.25) is 5.02 Å². The molecule has 0 radical (unpaired) electrons. The lowest BCUT2D eigenvalue weighted by molar-refractivity contribution is -0.119. The number of amides is 1. The van der Waals surface area contributed by atoms with Crippen LogP contribution in [0.5, 0.6) is 23.0 Å². The molecule has 5 rings (SSSR count). The Morgan fingerprint density at radius 3 is 2.35 bits per heavy atom. The number of nitrogens with zero attached hydrogens (tertiary/aromatic N) is 1. The van der Waals surface area contributed by atoms with E-state index in [-0.39, 0.29) is 43.4 Å². The largest absolute Gasteiger partial charge is 0.488 e. The number of sulfone groups is 1. The molecule has 0 aromatic heterocycles. The van der Waals surface area contributed by atoms with E-state index >= 15 is 0 Å². The highest BCUT2D eigenvalue weighted by molar-refractivity contribution is 7.90. The SMILES string of the molecule is CCC(=O)NS(=O)(=O)CCN(C)Cc1cc(Cl)c(OCc2cccc(-c3ccc4c(c3)OCCO4)c2C)cc1OCc1cccc(S(C)(=O)=O)c1. The lowest BCUT2D eigenvalue weighted by Crippen LogP contribution is -2.36. The van der Waals surface area contributed by atoms with Crippen LogP contribution in [0.4, 0.5) is 0 Å². The minimum Gasteiger partial charge on any atom is -0.488 e. The molecule has 51 heavy (non-hydrogen) atoms. The molecule has 1 amide bonds. The number of ether oxygens (including phenoxy) is 4. The Balaban J connectivity index is 1.37. The Hall–Kier alpha value is -4.30. The summed E-state index contributed by atoms with van der Waals surface area (Å²) in [5.41, 5.74) is 5.27. The fraction of sp³-hybridized carbons (Fsp3) is 0.324. The number of nitrogens with one attached hydrogen (secondary N) is 1. The van der Waals surface area contributed by atoms with Crippen LogP contribution in [0.25, 0.3) is 11.1 Å². The van der Waals surface area contributed by atoms with E-state index in [0.717, 1.165) is 34.3 Å². The van der Waals surface area contributed by atoms with Crippen LogP contribution < -0.4 is 23.7 Å². The highest BCUT2D eigenvalue weighted by atomic mass is 35.5. The number of rotatable bonds is 15. The van der Waals surface area contributed by atoms with Crippen molar-refractivity contribution in [2.24, 2.45) is 0 Å². The van der Waals surface area contributed by atoms with Crippen LogP contribution in [0.15, 0.2) is 77.7 Å². The van der Waals surface area contributed by atoms with E-state index in [0.29, 0.717) is 46.6 Å². The number of hydrogen-bond donors (Lipinski definition) is 1. The van der Waals surface area contributed by atoms with Crippen molar-refractivity contribution in [3.05, 3.63) is 100 Å². The topological polar surface area (TPSA) is 138 Å². The van der Waals surface area contributed by atoms with Crippen molar-refractivity contribution >= 4 is 37.4 Å². The summed E-state index contributed by atoms with van der Waals surface area (Å²) in [5, 5.41) is 0.327. The Kier molecular flexibility index (Phi) is 12.2. The summed E-state index contributed by atoms with van der Waals surface area (Å²) in [5.74, 6) is 1.37. The second-order valence-electron chi connectivity index (χ2n) is 12.3. The maximum Gasteiger partial charge on any atom is 0.236 e. The first-order valence-electron chi connectivity index (χ1n) is 16.3. The Morgan fingerprint density at radius 2 is 1.61 bits per heavy atom. The van der Waals surface area contributed by atoms with E-state index in [9.17, 15) is 21.6 Å². The molecule has 0 atom stereocenters. The number of benzene rings is 4. The van der Waals surface area contributed by atoms with Crippen LogP contribution in [-0.4, -0.2) is 66.5 Å². The van der Waals surface area contributed by atoms with E-state index in [1.807, 2.05) is 43.3 Å². The molecule has 0 aliphatic carbocycles. The number of sulfonamides is 1. The number of fused-ring (bicyclic) bond motifs is 1. The molecule has 0 saturated carbocycles. The molecule has 4 aromatic carbocycles. The highest BCUT2D eigenvalue weighted by Crippen LogP contribution is 2.38. The smallest absolute Gasteiger partial charge is 0.236 e. The predicted octanol–water partition coefficient (Wildman–Crippen LogP) is 5.94. The average Bonchev–Trinajstić information content (AvgIpc) is 3.10. The van der Waals surface area contributed by atoms with Gasteiger partial charge < -0.3 is 23.8 Å². The summed E-state index contributed by atoms with van der Waals surface area (Å²) in [6.07, 6.45) is 1.20. The van der Waals surface area contributed by atoms with Gasteiger partial charge in [-0.25, -0.2) is 16.8 Å². The minimum absolute atomic E-state index is 0.0509. The van der Waals surface area contributed by atoms with Crippen LogP contribution in [0.3, 0.4) is 0 Å². The van der Waals surface area contributed by atoms with Gasteiger partial charge in [0, 0.05) is 37.4 Å². The van der Waals surface area contributed by atoms with Gasteiger partial charge in [-0.2, -0.15) is 0 Å². The first-order chi connectivity index (χ1) is 24.2. The molecule has 11 nitrogen and oxygen atoms in total. The minimum atomic E-state index is -3.81. The molecule has 1 aliphatic heterocycles. The van der Waals surface area contributed by atoms with Gasteiger partial charge in [0.2, 0.25) is 15.9 Å². The van der Waals surface area contributed by atoms with Crippen LogP contribution in [0.1, 0.15) is 35.6 Å². The normalized spacial score (nSPS) is 12.8. The fourth-order valence-corrected chi connectivity index (χ4v) is 7.51. The molecule has 272 valence electrons. The average molecular weight is 757 g/mol. The van der Waals surface area contributed by atoms with E-state index in [1.165, 1.54) is 6.07 Å². The monoisotopic (exact) mass is 756 g/mol. The molecule has 14 heteroatoms. The lowest BCUT2D eigenvalue weighted by atomic mass is 9.96. The standard InChI is InChI=1S/C37H41ClN2O9S2/c1-5-37(41)39-51(44,45)17-14-40(3)22-29-19-32(38)35(21-34(29)48-23-26-8-6-10-30(18-26)50(4,42)43)49-24-28-9-7-11-31(25(28)2)27-12-13-33-36(20-27)47-16-15-46-33/h6-13,18-21H,5,14-17,22-24H2,1-4H3,(H,39,41). The number of hydrogen-bond acceptors (Lipinski definition) is 10. The molecule has 1 heterocycles. The van der Waals surface area contributed by atoms with E-state index in [4.69, 9.17) is 30.5 Å². The number of carbonyl (C=O) groups is 1. The van der Waals surface area contributed by atoms with Gasteiger partial charge in [0.25, 0.3) is 0 Å². The summed E-state index contributed by atoms with van der Waals surface area (Å²) >= 11 is 6.76. The van der Waals surface area contributed by atoms with Crippen LogP contribution in [0, 0.1) is 6.92 Å². The van der Waals surface area contributed by atoms with Gasteiger partial charge in [0.15, 0.2) is 21.3 Å². The van der Waals surface area contributed by atoms with Crippen molar-refractivity contribution in [3.8, 4) is 34.1 Å². The van der Waals surface area contributed by atoms with E-state index < -0.39 is 25.8 Å². The number of halogens is 1. The second kappa shape index (κ2) is 16.4.